The van der Waals surface area contributed by atoms with Gasteiger partial charge in [0.25, 0.3) is 0 Å². The molecule has 2 heterocycles. The van der Waals surface area contributed by atoms with Gasteiger partial charge in [0.1, 0.15) is 0 Å². The second-order valence-electron chi connectivity index (χ2n) is 10.7. The van der Waals surface area contributed by atoms with E-state index >= 15 is 0 Å². The topological polar surface area (TPSA) is 54.5 Å². The molecule has 0 radical (unpaired) electrons. The van der Waals surface area contributed by atoms with Crippen LogP contribution in [0, 0.1) is 0 Å². The summed E-state index contributed by atoms with van der Waals surface area (Å²) >= 11 is 0. The summed E-state index contributed by atoms with van der Waals surface area (Å²) in [6.45, 7) is 5.36. The van der Waals surface area contributed by atoms with Crippen molar-refractivity contribution in [3.63, 3.8) is 0 Å². The van der Waals surface area contributed by atoms with Gasteiger partial charge in [-0.25, -0.2) is 0 Å². The minimum Gasteiger partial charge on any atom is -0.344 e. The number of hydrogen-bond acceptors (Lipinski definition) is 4. The summed E-state index contributed by atoms with van der Waals surface area (Å²) in [5.74, 6) is -0.778. The SMILES string of the molecule is CC1(C)C(=CC=C2C(=O)c3ccccc3C2=C2C(=O)c3ccccc3C2=O)N2CCCc3cccc1c32. The Balaban J connectivity index is 1.44. The molecule has 0 spiro atoms. The van der Waals surface area contributed by atoms with Crippen LogP contribution < -0.4 is 4.90 Å². The molecule has 2 aliphatic heterocycles. The van der Waals surface area contributed by atoms with Gasteiger partial charge in [-0.3, -0.25) is 14.4 Å². The minimum atomic E-state index is -0.312. The lowest BCUT2D eigenvalue weighted by molar-refractivity contribution is 0.0989. The Morgan fingerprint density at radius 2 is 1.32 bits per heavy atom. The smallest absolute Gasteiger partial charge is 0.198 e. The van der Waals surface area contributed by atoms with Crippen LogP contribution in [0.5, 0.6) is 0 Å². The number of ketones is 3. The van der Waals surface area contributed by atoms with Gasteiger partial charge < -0.3 is 4.90 Å². The molecule has 0 aromatic heterocycles. The predicted octanol–water partition coefficient (Wildman–Crippen LogP) is 6.27. The Hall–Kier alpha value is -4.31. The molecule has 7 rings (SSSR count). The summed E-state index contributed by atoms with van der Waals surface area (Å²) < 4.78 is 0. The summed E-state index contributed by atoms with van der Waals surface area (Å²) in [5, 5.41) is 0. The molecule has 4 aliphatic rings. The third-order valence-electron chi connectivity index (χ3n) is 8.31. The van der Waals surface area contributed by atoms with Crippen molar-refractivity contribution in [1.82, 2.24) is 0 Å². The highest BCUT2D eigenvalue weighted by Gasteiger charge is 2.43. The van der Waals surface area contributed by atoms with E-state index < -0.39 is 0 Å². The molecule has 3 aromatic rings. The molecule has 4 heteroatoms. The summed E-state index contributed by atoms with van der Waals surface area (Å²) in [6.07, 6.45) is 6.01. The first-order valence-electron chi connectivity index (χ1n) is 12.8. The summed E-state index contributed by atoms with van der Waals surface area (Å²) in [6, 6.07) is 20.7. The van der Waals surface area contributed by atoms with E-state index in [-0.39, 0.29) is 28.3 Å². The van der Waals surface area contributed by atoms with E-state index in [1.165, 1.54) is 16.8 Å². The number of allylic oxidation sites excluding steroid dienone is 6. The average Bonchev–Trinajstić information content (AvgIpc) is 3.42. The van der Waals surface area contributed by atoms with E-state index in [0.29, 0.717) is 33.4 Å². The Morgan fingerprint density at radius 3 is 2.00 bits per heavy atom. The van der Waals surface area contributed by atoms with E-state index in [9.17, 15) is 14.4 Å². The molecule has 3 aromatic carbocycles. The predicted molar refractivity (Wildman–Crippen MR) is 144 cm³/mol. The number of Topliss-reactive ketones (excluding diaryl/α,β-unsaturated/α-hetero) is 3. The molecule has 0 unspecified atom stereocenters. The zero-order valence-electron chi connectivity index (χ0n) is 20.8. The summed E-state index contributed by atoms with van der Waals surface area (Å²) in [5.41, 5.74) is 7.78. The number of hydrogen-bond donors (Lipinski definition) is 0. The second-order valence-corrected chi connectivity index (χ2v) is 10.7. The zero-order valence-corrected chi connectivity index (χ0v) is 20.8. The standard InChI is InChI=1S/C33H25NO3/c1-33(2)25-15-7-9-19-10-8-18-34(29(19)25)26(33)17-16-24-27(20-11-3-4-12-21(20)30(24)35)28-31(36)22-13-5-6-14-23(22)32(28)37/h3-7,9,11-17H,8,10,18H2,1-2H3. The van der Waals surface area contributed by atoms with E-state index in [2.05, 4.69) is 36.9 Å². The number of aryl methyl sites for hydroxylation is 1. The number of nitrogens with zero attached hydrogens (tertiary/aromatic N) is 1. The lowest BCUT2D eigenvalue weighted by Crippen LogP contribution is -2.29. The van der Waals surface area contributed by atoms with Crippen molar-refractivity contribution in [2.24, 2.45) is 0 Å². The Bertz CT molecular complexity index is 1640. The number of carbonyl (C=O) groups excluding carboxylic acids is 3. The number of anilines is 1. The van der Waals surface area contributed by atoms with Crippen molar-refractivity contribution < 1.29 is 14.4 Å². The molecule has 0 bridgehead atoms. The van der Waals surface area contributed by atoms with Gasteiger partial charge >= 0.3 is 0 Å². The van der Waals surface area contributed by atoms with Crippen molar-refractivity contribution >= 4 is 28.6 Å². The first-order chi connectivity index (χ1) is 17.9. The molecule has 180 valence electrons. The quantitative estimate of drug-likeness (QED) is 0.302. The Labute approximate surface area is 215 Å². The van der Waals surface area contributed by atoms with Crippen molar-refractivity contribution in [2.75, 3.05) is 11.4 Å². The van der Waals surface area contributed by atoms with Crippen molar-refractivity contribution in [3.8, 4) is 0 Å². The number of para-hydroxylation sites is 1. The van der Waals surface area contributed by atoms with Crippen LogP contribution in [-0.4, -0.2) is 23.9 Å². The fraction of sp³-hybridized carbons (Fsp3) is 0.182. The van der Waals surface area contributed by atoms with Gasteiger partial charge in [0, 0.05) is 51.2 Å². The van der Waals surface area contributed by atoms with Crippen LogP contribution in [0.1, 0.15) is 68.0 Å². The molecule has 0 fully saturated rings. The first kappa shape index (κ1) is 21.9. The van der Waals surface area contributed by atoms with Crippen LogP contribution >= 0.6 is 0 Å². The van der Waals surface area contributed by atoms with Crippen LogP contribution in [0.15, 0.2) is 95.7 Å². The van der Waals surface area contributed by atoms with E-state index in [1.807, 2.05) is 30.4 Å². The number of carbonyl (C=O) groups is 3. The number of fused-ring (bicyclic) bond motifs is 2. The van der Waals surface area contributed by atoms with Crippen LogP contribution in [0.3, 0.4) is 0 Å². The molecule has 0 atom stereocenters. The Kier molecular flexibility index (Phi) is 4.50. The van der Waals surface area contributed by atoms with Crippen molar-refractivity contribution in [2.45, 2.75) is 32.1 Å². The lowest BCUT2D eigenvalue weighted by atomic mass is 9.83. The van der Waals surface area contributed by atoms with Gasteiger partial charge in [0.2, 0.25) is 0 Å². The number of rotatable bonds is 1. The maximum atomic E-state index is 13.7. The van der Waals surface area contributed by atoms with Gasteiger partial charge in [-0.2, -0.15) is 0 Å². The lowest BCUT2D eigenvalue weighted by Gasteiger charge is -2.30. The molecule has 4 nitrogen and oxygen atoms in total. The molecule has 0 saturated carbocycles. The maximum Gasteiger partial charge on any atom is 0.198 e. The summed E-state index contributed by atoms with van der Waals surface area (Å²) in [4.78, 5) is 43.0. The highest BCUT2D eigenvalue weighted by molar-refractivity contribution is 6.46. The van der Waals surface area contributed by atoms with Gasteiger partial charge in [-0.15, -0.1) is 0 Å². The third kappa shape index (κ3) is 2.87. The van der Waals surface area contributed by atoms with Gasteiger partial charge in [-0.1, -0.05) is 80.6 Å². The summed E-state index contributed by atoms with van der Waals surface area (Å²) in [7, 11) is 0. The van der Waals surface area contributed by atoms with Crippen molar-refractivity contribution in [1.29, 1.82) is 0 Å². The molecule has 37 heavy (non-hydrogen) atoms. The minimum absolute atomic E-state index is 0.0957. The largest absolute Gasteiger partial charge is 0.344 e. The third-order valence-corrected chi connectivity index (χ3v) is 8.31. The van der Waals surface area contributed by atoms with E-state index in [0.717, 1.165) is 25.1 Å². The van der Waals surface area contributed by atoms with Crippen LogP contribution in [-0.2, 0) is 11.8 Å². The number of benzene rings is 3. The van der Waals surface area contributed by atoms with E-state index in [1.54, 1.807) is 30.3 Å². The molecule has 2 aliphatic carbocycles. The molecular formula is C33H25NO3. The molecular weight excluding hydrogens is 458 g/mol. The van der Waals surface area contributed by atoms with E-state index in [4.69, 9.17) is 0 Å². The van der Waals surface area contributed by atoms with Crippen LogP contribution in [0.25, 0.3) is 5.57 Å². The van der Waals surface area contributed by atoms with Crippen LogP contribution in [0.4, 0.5) is 5.69 Å². The fourth-order valence-corrected chi connectivity index (χ4v) is 6.54. The molecule has 0 N–H and O–H groups in total. The average molecular weight is 484 g/mol. The monoisotopic (exact) mass is 483 g/mol. The second kappa shape index (κ2) is 7.59. The zero-order chi connectivity index (χ0) is 25.5. The maximum absolute atomic E-state index is 13.7. The molecule has 0 amide bonds. The van der Waals surface area contributed by atoms with Gasteiger partial charge in [0.15, 0.2) is 17.3 Å². The highest BCUT2D eigenvalue weighted by Crippen LogP contribution is 2.51. The molecule has 0 saturated heterocycles. The van der Waals surface area contributed by atoms with Crippen molar-refractivity contribution in [3.05, 3.63) is 129 Å². The highest BCUT2D eigenvalue weighted by atomic mass is 16.2. The normalized spacial score (nSPS) is 21.2. The Morgan fingerprint density at radius 1 is 0.703 bits per heavy atom. The van der Waals surface area contributed by atoms with Gasteiger partial charge in [0.05, 0.1) is 5.57 Å². The first-order valence-corrected chi connectivity index (χ1v) is 12.8. The fourth-order valence-electron chi connectivity index (χ4n) is 6.54. The van der Waals surface area contributed by atoms with Gasteiger partial charge in [-0.05, 0) is 41.7 Å². The van der Waals surface area contributed by atoms with Crippen LogP contribution in [0.2, 0.25) is 0 Å².